The molecule has 0 bridgehead atoms. The maximum absolute atomic E-state index is 9.94. The molecule has 10 heavy (non-hydrogen) atoms. The van der Waals surface area contributed by atoms with Gasteiger partial charge in [0.15, 0.2) is 0 Å². The summed E-state index contributed by atoms with van der Waals surface area (Å²) in [6.45, 7) is 5.71. The van der Waals surface area contributed by atoms with Crippen molar-refractivity contribution in [1.82, 2.24) is 0 Å². The topological polar surface area (TPSA) is 17.1 Å². The molecule has 0 saturated carbocycles. The normalized spacial score (nSPS) is 9.30. The highest BCUT2D eigenvalue weighted by atomic mass is 16.1. The lowest BCUT2D eigenvalue weighted by Crippen LogP contribution is -1.82. The molecule has 0 aliphatic heterocycles. The molecule has 0 rings (SSSR count). The Labute approximate surface area is 63.1 Å². The van der Waals surface area contributed by atoms with Gasteiger partial charge in [-0.1, -0.05) is 32.8 Å². The summed E-state index contributed by atoms with van der Waals surface area (Å²) in [4.78, 5) is 9.94. The molecular weight excluding hydrogens is 124 g/mol. The van der Waals surface area contributed by atoms with Crippen LogP contribution < -0.4 is 0 Å². The predicted octanol–water partition coefficient (Wildman–Crippen LogP) is 2.62. The van der Waals surface area contributed by atoms with E-state index in [2.05, 4.69) is 13.5 Å². The third-order valence-electron chi connectivity index (χ3n) is 1.48. The van der Waals surface area contributed by atoms with E-state index in [1.165, 1.54) is 19.3 Å². The first-order valence-electron chi connectivity index (χ1n) is 3.87. The Bertz CT molecular complexity index is 105. The van der Waals surface area contributed by atoms with Gasteiger partial charge in [0, 0.05) is 0 Å². The minimum atomic E-state index is 0.608. The van der Waals surface area contributed by atoms with Gasteiger partial charge in [0.05, 0.1) is 0 Å². The van der Waals surface area contributed by atoms with E-state index in [0.29, 0.717) is 5.57 Å². The molecular formula is C9H15O. The van der Waals surface area contributed by atoms with E-state index in [-0.39, 0.29) is 0 Å². The Morgan fingerprint density at radius 1 is 1.40 bits per heavy atom. The van der Waals surface area contributed by atoms with Crippen molar-refractivity contribution in [1.29, 1.82) is 0 Å². The molecule has 0 unspecified atom stereocenters. The molecule has 0 aromatic heterocycles. The number of carbonyl (C=O) groups excluding carboxylic acids is 1. The quantitative estimate of drug-likeness (QED) is 0.408. The Kier molecular flexibility index (Phi) is 6.14. The smallest absolute Gasteiger partial charge is 0.228 e. The molecule has 0 aliphatic carbocycles. The van der Waals surface area contributed by atoms with E-state index in [0.717, 1.165) is 12.8 Å². The first-order chi connectivity index (χ1) is 4.81. The lowest BCUT2D eigenvalue weighted by atomic mass is 10.1. The molecule has 0 aromatic rings. The van der Waals surface area contributed by atoms with Gasteiger partial charge in [-0.15, -0.1) is 0 Å². The lowest BCUT2D eigenvalue weighted by molar-refractivity contribution is 0.558. The van der Waals surface area contributed by atoms with Gasteiger partial charge in [-0.3, -0.25) is 4.79 Å². The number of unbranched alkanes of at least 4 members (excludes halogenated alkanes) is 3. The maximum atomic E-state index is 9.94. The van der Waals surface area contributed by atoms with Crippen LogP contribution in [0.2, 0.25) is 0 Å². The van der Waals surface area contributed by atoms with Gasteiger partial charge in [-0.2, -0.15) is 0 Å². The van der Waals surface area contributed by atoms with Gasteiger partial charge in [0.1, 0.15) is 0 Å². The van der Waals surface area contributed by atoms with Crippen molar-refractivity contribution in [2.24, 2.45) is 0 Å². The second-order valence-electron chi connectivity index (χ2n) is 2.52. The van der Waals surface area contributed by atoms with Gasteiger partial charge in [0.2, 0.25) is 6.29 Å². The molecule has 1 radical (unpaired) electrons. The molecule has 0 aliphatic rings. The highest BCUT2D eigenvalue weighted by Gasteiger charge is 1.91. The second kappa shape index (κ2) is 6.53. The summed E-state index contributed by atoms with van der Waals surface area (Å²) in [5.74, 6) is 0. The monoisotopic (exact) mass is 139 g/mol. The highest BCUT2D eigenvalue weighted by Crippen LogP contribution is 2.06. The molecule has 1 nitrogen and oxygen atoms in total. The highest BCUT2D eigenvalue weighted by molar-refractivity contribution is 5.72. The molecule has 0 atom stereocenters. The minimum absolute atomic E-state index is 0.608. The molecule has 57 valence electrons. The summed E-state index contributed by atoms with van der Waals surface area (Å²) in [6.07, 6.45) is 7.40. The zero-order valence-electron chi connectivity index (χ0n) is 6.65. The van der Waals surface area contributed by atoms with E-state index < -0.39 is 0 Å². The maximum Gasteiger partial charge on any atom is 0.228 e. The Balaban J connectivity index is 3.03. The SMILES string of the molecule is C=C([C]=O)CCCCCC. The van der Waals surface area contributed by atoms with Crippen LogP contribution in [0.3, 0.4) is 0 Å². The summed E-state index contributed by atoms with van der Waals surface area (Å²) in [6, 6.07) is 0. The van der Waals surface area contributed by atoms with E-state index in [1.807, 2.05) is 0 Å². The molecule has 0 saturated heterocycles. The zero-order valence-corrected chi connectivity index (χ0v) is 6.65. The van der Waals surface area contributed by atoms with Crippen LogP contribution in [0.25, 0.3) is 0 Å². The van der Waals surface area contributed by atoms with Crippen LogP contribution in [0, 0.1) is 0 Å². The average Bonchev–Trinajstić information content (AvgIpc) is 1.98. The van der Waals surface area contributed by atoms with Crippen LogP contribution in [-0.4, -0.2) is 6.29 Å². The second-order valence-corrected chi connectivity index (χ2v) is 2.52. The molecule has 0 amide bonds. The van der Waals surface area contributed by atoms with Crippen LogP contribution in [-0.2, 0) is 4.79 Å². The minimum Gasteiger partial charge on any atom is -0.285 e. The van der Waals surface area contributed by atoms with Crippen LogP contribution in [0.4, 0.5) is 0 Å². The number of hydrogen-bond donors (Lipinski definition) is 0. The zero-order chi connectivity index (χ0) is 7.82. The first kappa shape index (κ1) is 9.41. The van der Waals surface area contributed by atoms with E-state index >= 15 is 0 Å². The largest absolute Gasteiger partial charge is 0.285 e. The fourth-order valence-corrected chi connectivity index (χ4v) is 0.816. The fourth-order valence-electron chi connectivity index (χ4n) is 0.816. The van der Waals surface area contributed by atoms with Crippen molar-refractivity contribution >= 4 is 6.29 Å². The number of hydrogen-bond acceptors (Lipinski definition) is 1. The van der Waals surface area contributed by atoms with E-state index in [4.69, 9.17) is 0 Å². The summed E-state index contributed by atoms with van der Waals surface area (Å²) in [7, 11) is 0. The molecule has 0 spiro atoms. The summed E-state index contributed by atoms with van der Waals surface area (Å²) >= 11 is 0. The molecule has 0 N–H and O–H groups in total. The Hall–Kier alpha value is -0.590. The van der Waals surface area contributed by atoms with Crippen molar-refractivity contribution in [2.75, 3.05) is 0 Å². The van der Waals surface area contributed by atoms with Crippen molar-refractivity contribution < 1.29 is 4.79 Å². The lowest BCUT2D eigenvalue weighted by Gasteiger charge is -1.95. The van der Waals surface area contributed by atoms with Crippen molar-refractivity contribution in [3.8, 4) is 0 Å². The van der Waals surface area contributed by atoms with Crippen molar-refractivity contribution in [3.05, 3.63) is 12.2 Å². The van der Waals surface area contributed by atoms with E-state index in [9.17, 15) is 4.79 Å². The Morgan fingerprint density at radius 2 is 2.10 bits per heavy atom. The predicted molar refractivity (Wildman–Crippen MR) is 43.6 cm³/mol. The summed E-state index contributed by atoms with van der Waals surface area (Å²) < 4.78 is 0. The van der Waals surface area contributed by atoms with Gasteiger partial charge < -0.3 is 0 Å². The van der Waals surface area contributed by atoms with Gasteiger partial charge in [-0.25, -0.2) is 0 Å². The van der Waals surface area contributed by atoms with Crippen molar-refractivity contribution in [3.63, 3.8) is 0 Å². The standard InChI is InChI=1S/C9H15O/c1-3-4-5-6-7-9(2)8-10/h2-7H2,1H3. The summed E-state index contributed by atoms with van der Waals surface area (Å²) in [5, 5.41) is 0. The van der Waals surface area contributed by atoms with Crippen LogP contribution in [0.5, 0.6) is 0 Å². The van der Waals surface area contributed by atoms with Crippen LogP contribution in [0.1, 0.15) is 39.0 Å². The van der Waals surface area contributed by atoms with Crippen LogP contribution in [0.15, 0.2) is 12.2 Å². The van der Waals surface area contributed by atoms with Gasteiger partial charge >= 0.3 is 0 Å². The molecule has 0 heterocycles. The average molecular weight is 139 g/mol. The third kappa shape index (κ3) is 5.54. The van der Waals surface area contributed by atoms with E-state index in [1.54, 1.807) is 6.29 Å². The Morgan fingerprint density at radius 3 is 2.60 bits per heavy atom. The van der Waals surface area contributed by atoms with Crippen molar-refractivity contribution in [2.45, 2.75) is 39.0 Å². The first-order valence-corrected chi connectivity index (χ1v) is 3.87. The molecule has 0 fully saturated rings. The summed E-state index contributed by atoms with van der Waals surface area (Å²) in [5.41, 5.74) is 0.608. The van der Waals surface area contributed by atoms with Gasteiger partial charge in [0.25, 0.3) is 0 Å². The molecule has 1 heteroatoms. The fraction of sp³-hybridized carbons (Fsp3) is 0.667. The number of allylic oxidation sites excluding steroid dienone is 1. The third-order valence-corrected chi connectivity index (χ3v) is 1.48. The van der Waals surface area contributed by atoms with Crippen LogP contribution >= 0.6 is 0 Å². The van der Waals surface area contributed by atoms with Gasteiger partial charge in [-0.05, 0) is 18.4 Å². The molecule has 0 aromatic carbocycles. The number of rotatable bonds is 6.